The molecule has 30 heavy (non-hydrogen) atoms. The Balaban J connectivity index is 1.97. The fraction of sp³-hybridized carbons (Fsp3) is 0.435. The zero-order valence-electron chi connectivity index (χ0n) is 18.5. The summed E-state index contributed by atoms with van der Waals surface area (Å²) in [6, 6.07) is 5.36. The number of anilines is 2. The predicted octanol–water partition coefficient (Wildman–Crippen LogP) is 3.96. The van der Waals surface area contributed by atoms with Gasteiger partial charge in [0.2, 0.25) is 0 Å². The van der Waals surface area contributed by atoms with Crippen molar-refractivity contribution in [3.05, 3.63) is 51.6 Å². The first kappa shape index (κ1) is 22.3. The van der Waals surface area contributed by atoms with Crippen molar-refractivity contribution in [3.8, 4) is 0 Å². The number of benzene rings is 2. The Labute approximate surface area is 179 Å². The van der Waals surface area contributed by atoms with Crippen molar-refractivity contribution in [2.75, 3.05) is 29.9 Å². The van der Waals surface area contributed by atoms with Crippen LogP contribution in [0.4, 0.5) is 11.4 Å². The van der Waals surface area contributed by atoms with Crippen LogP contribution in [0.3, 0.4) is 0 Å². The number of carbonyl (C=O) groups is 1. The lowest BCUT2D eigenvalue weighted by atomic mass is 9.95. The van der Waals surface area contributed by atoms with E-state index < -0.39 is 10.0 Å². The molecule has 1 amide bonds. The van der Waals surface area contributed by atoms with Gasteiger partial charge in [0.1, 0.15) is 6.61 Å². The molecule has 0 fully saturated rings. The van der Waals surface area contributed by atoms with Crippen molar-refractivity contribution >= 4 is 27.3 Å². The normalized spacial score (nSPS) is 13.9. The van der Waals surface area contributed by atoms with E-state index in [1.165, 1.54) is 7.11 Å². The van der Waals surface area contributed by atoms with Crippen LogP contribution in [-0.2, 0) is 26.0 Å². The smallest absolute Gasteiger partial charge is 0.262 e. The second-order valence-corrected chi connectivity index (χ2v) is 9.60. The lowest BCUT2D eigenvalue weighted by Crippen LogP contribution is -2.37. The molecule has 0 atom stereocenters. The molecule has 1 aliphatic heterocycles. The number of hydrogen-bond acceptors (Lipinski definition) is 4. The zero-order chi connectivity index (χ0) is 22.2. The highest BCUT2D eigenvalue weighted by Crippen LogP contribution is 2.33. The van der Waals surface area contributed by atoms with Crippen LogP contribution >= 0.6 is 0 Å². The van der Waals surface area contributed by atoms with Gasteiger partial charge in [-0.3, -0.25) is 9.52 Å². The molecule has 0 saturated carbocycles. The number of fused-ring (bicyclic) bond motifs is 1. The highest BCUT2D eigenvalue weighted by Gasteiger charge is 2.26. The Kier molecular flexibility index (Phi) is 6.24. The number of nitrogens with one attached hydrogen (secondary N) is 1. The fourth-order valence-corrected chi connectivity index (χ4v) is 5.85. The molecule has 0 aliphatic carbocycles. The Morgan fingerprint density at radius 1 is 1.03 bits per heavy atom. The van der Waals surface area contributed by atoms with Gasteiger partial charge >= 0.3 is 0 Å². The topological polar surface area (TPSA) is 75.7 Å². The summed E-state index contributed by atoms with van der Waals surface area (Å²) in [4.78, 5) is 14.4. The second kappa shape index (κ2) is 8.40. The van der Waals surface area contributed by atoms with Gasteiger partial charge in [0.25, 0.3) is 15.9 Å². The van der Waals surface area contributed by atoms with Crippen LogP contribution in [-0.4, -0.2) is 34.6 Å². The predicted molar refractivity (Wildman–Crippen MR) is 120 cm³/mol. The summed E-state index contributed by atoms with van der Waals surface area (Å²) in [5.74, 6) is -0.0939. The van der Waals surface area contributed by atoms with E-state index in [1.807, 2.05) is 46.8 Å². The molecule has 0 aromatic heterocycles. The molecule has 7 heteroatoms. The number of hydrogen-bond donors (Lipinski definition) is 1. The van der Waals surface area contributed by atoms with E-state index in [2.05, 4.69) is 4.72 Å². The van der Waals surface area contributed by atoms with Gasteiger partial charge in [-0.1, -0.05) is 0 Å². The molecule has 0 saturated heterocycles. The fourth-order valence-electron chi connectivity index (χ4n) is 4.20. The van der Waals surface area contributed by atoms with E-state index in [4.69, 9.17) is 4.74 Å². The number of carbonyl (C=O) groups excluding carboxylic acids is 1. The first-order valence-electron chi connectivity index (χ1n) is 10.1. The first-order valence-corrected chi connectivity index (χ1v) is 11.6. The van der Waals surface area contributed by atoms with Crippen LogP contribution in [0.5, 0.6) is 0 Å². The van der Waals surface area contributed by atoms with Crippen LogP contribution in [0.25, 0.3) is 0 Å². The van der Waals surface area contributed by atoms with Gasteiger partial charge in [-0.05, 0) is 99.0 Å². The average molecular weight is 431 g/mol. The SMILES string of the molecule is COCC(=O)N1CCCc2cc(NS(=O)(=O)c3c(C)c(C)c(C)c(C)c3C)ccc21. The standard InChI is InChI=1S/C23H30N2O4S/c1-14-15(2)17(4)23(18(5)16(14)3)30(27,28)24-20-9-10-21-19(12-20)8-7-11-25(21)22(26)13-29-6/h9-10,12,24H,7-8,11,13H2,1-6H3. The van der Waals surface area contributed by atoms with Gasteiger partial charge in [-0.15, -0.1) is 0 Å². The molecule has 6 nitrogen and oxygen atoms in total. The summed E-state index contributed by atoms with van der Waals surface area (Å²) in [5, 5.41) is 0. The summed E-state index contributed by atoms with van der Waals surface area (Å²) in [7, 11) is -2.25. The molecule has 1 aliphatic rings. The molecule has 0 spiro atoms. The number of ether oxygens (including phenoxy) is 1. The molecule has 0 unspecified atom stereocenters. The van der Waals surface area contributed by atoms with Crippen molar-refractivity contribution < 1.29 is 17.9 Å². The maximum absolute atomic E-state index is 13.3. The van der Waals surface area contributed by atoms with Crippen molar-refractivity contribution in [1.29, 1.82) is 0 Å². The van der Waals surface area contributed by atoms with Gasteiger partial charge in [-0.2, -0.15) is 0 Å². The zero-order valence-corrected chi connectivity index (χ0v) is 19.4. The van der Waals surface area contributed by atoms with Crippen LogP contribution in [0.1, 0.15) is 39.8 Å². The van der Waals surface area contributed by atoms with Crippen molar-refractivity contribution in [2.24, 2.45) is 0 Å². The number of amides is 1. The van der Waals surface area contributed by atoms with Crippen molar-refractivity contribution in [3.63, 3.8) is 0 Å². The first-order chi connectivity index (χ1) is 14.1. The van der Waals surface area contributed by atoms with E-state index >= 15 is 0 Å². The van der Waals surface area contributed by atoms with Gasteiger partial charge in [0, 0.05) is 25.0 Å². The summed E-state index contributed by atoms with van der Waals surface area (Å²) in [5.41, 5.74) is 6.95. The lowest BCUT2D eigenvalue weighted by molar-refractivity contribution is -0.122. The molecule has 2 aromatic rings. The maximum Gasteiger partial charge on any atom is 0.262 e. The van der Waals surface area contributed by atoms with E-state index in [-0.39, 0.29) is 12.5 Å². The van der Waals surface area contributed by atoms with E-state index in [9.17, 15) is 13.2 Å². The highest BCUT2D eigenvalue weighted by atomic mass is 32.2. The molecule has 1 N–H and O–H groups in total. The number of aryl methyl sites for hydroxylation is 1. The maximum atomic E-state index is 13.3. The third kappa shape index (κ3) is 3.96. The van der Waals surface area contributed by atoms with Crippen LogP contribution < -0.4 is 9.62 Å². The Hall–Kier alpha value is -2.38. The van der Waals surface area contributed by atoms with Gasteiger partial charge in [0.05, 0.1) is 4.90 Å². The van der Waals surface area contributed by atoms with Gasteiger partial charge < -0.3 is 9.64 Å². The number of rotatable bonds is 5. The minimum atomic E-state index is -3.75. The monoisotopic (exact) mass is 430 g/mol. The van der Waals surface area contributed by atoms with E-state index in [0.717, 1.165) is 51.9 Å². The molecule has 3 rings (SSSR count). The van der Waals surface area contributed by atoms with E-state index in [0.29, 0.717) is 17.1 Å². The Morgan fingerprint density at radius 3 is 2.23 bits per heavy atom. The minimum absolute atomic E-state index is 0.0263. The quantitative estimate of drug-likeness (QED) is 0.779. The van der Waals surface area contributed by atoms with Crippen molar-refractivity contribution in [1.82, 2.24) is 0 Å². The minimum Gasteiger partial charge on any atom is -0.375 e. The number of methoxy groups -OCH3 is 1. The molecule has 0 bridgehead atoms. The van der Waals surface area contributed by atoms with Crippen LogP contribution in [0.15, 0.2) is 23.1 Å². The lowest BCUT2D eigenvalue weighted by Gasteiger charge is -2.30. The Bertz CT molecular complexity index is 1080. The van der Waals surface area contributed by atoms with Gasteiger partial charge in [0.15, 0.2) is 0 Å². The number of sulfonamides is 1. The molecular weight excluding hydrogens is 400 g/mol. The van der Waals surface area contributed by atoms with Crippen LogP contribution in [0, 0.1) is 34.6 Å². The second-order valence-electron chi connectivity index (χ2n) is 7.99. The summed E-state index contributed by atoms with van der Waals surface area (Å²) in [6.07, 6.45) is 1.62. The molecule has 2 aromatic carbocycles. The van der Waals surface area contributed by atoms with E-state index in [1.54, 1.807) is 11.0 Å². The van der Waals surface area contributed by atoms with Crippen molar-refractivity contribution in [2.45, 2.75) is 52.4 Å². The molecule has 0 radical (unpaired) electrons. The summed E-state index contributed by atoms with van der Waals surface area (Å²) in [6.45, 7) is 10.3. The summed E-state index contributed by atoms with van der Waals surface area (Å²) >= 11 is 0. The average Bonchev–Trinajstić information content (AvgIpc) is 2.70. The molecular formula is C23H30N2O4S. The number of nitrogens with zero attached hydrogens (tertiary/aromatic N) is 1. The molecule has 1 heterocycles. The third-order valence-corrected chi connectivity index (χ3v) is 7.87. The summed E-state index contributed by atoms with van der Waals surface area (Å²) < 4.78 is 34.3. The van der Waals surface area contributed by atoms with Crippen LogP contribution in [0.2, 0.25) is 0 Å². The molecule has 162 valence electrons. The Morgan fingerprint density at radius 2 is 1.63 bits per heavy atom. The largest absolute Gasteiger partial charge is 0.375 e. The highest BCUT2D eigenvalue weighted by molar-refractivity contribution is 7.92. The van der Waals surface area contributed by atoms with Gasteiger partial charge in [-0.25, -0.2) is 8.42 Å². The third-order valence-electron chi connectivity index (χ3n) is 6.22.